The first-order chi connectivity index (χ1) is 7.71. The lowest BCUT2D eigenvalue weighted by Gasteiger charge is -2.24. The van der Waals surface area contributed by atoms with Gasteiger partial charge in [-0.15, -0.1) is 0 Å². The van der Waals surface area contributed by atoms with E-state index in [1.54, 1.807) is 0 Å². The predicted molar refractivity (Wildman–Crippen MR) is 65.4 cm³/mol. The summed E-state index contributed by atoms with van der Waals surface area (Å²) < 4.78 is 2.35. The van der Waals surface area contributed by atoms with Gasteiger partial charge >= 0.3 is 0 Å². The highest BCUT2D eigenvalue weighted by atomic mass is 15.2. The highest BCUT2D eigenvalue weighted by molar-refractivity contribution is 5.78. The maximum absolute atomic E-state index is 4.15. The van der Waals surface area contributed by atoms with Crippen LogP contribution in [-0.4, -0.2) is 34.1 Å². The average molecular weight is 215 g/mol. The topological polar surface area (TPSA) is 21.1 Å². The van der Waals surface area contributed by atoms with Gasteiger partial charge in [0.25, 0.3) is 0 Å². The summed E-state index contributed by atoms with van der Waals surface area (Å²) in [5, 5.41) is 1.23. The lowest BCUT2D eigenvalue weighted by atomic mass is 10.2. The number of hydrogen-bond donors (Lipinski definition) is 0. The average Bonchev–Trinajstić information content (AvgIpc) is 2.96. The number of fused-ring (bicyclic) bond motifs is 1. The van der Waals surface area contributed by atoms with Gasteiger partial charge in [-0.25, -0.2) is 0 Å². The molecule has 0 bridgehead atoms. The zero-order valence-corrected chi connectivity index (χ0v) is 9.85. The fraction of sp³-hybridized carbons (Fsp3) is 0.462. The molecule has 2 heterocycles. The Labute approximate surface area is 95.7 Å². The molecule has 0 aliphatic heterocycles. The molecule has 2 aromatic rings. The van der Waals surface area contributed by atoms with Crippen molar-refractivity contribution in [2.45, 2.75) is 24.9 Å². The van der Waals surface area contributed by atoms with Gasteiger partial charge in [0.2, 0.25) is 0 Å². The van der Waals surface area contributed by atoms with Crippen LogP contribution in [0.4, 0.5) is 0 Å². The Balaban J connectivity index is 1.95. The zero-order chi connectivity index (χ0) is 11.2. The molecule has 0 aromatic carbocycles. The van der Waals surface area contributed by atoms with Crippen molar-refractivity contribution >= 4 is 10.9 Å². The first-order valence-electron chi connectivity index (χ1n) is 5.78. The third kappa shape index (κ3) is 1.43. The third-order valence-electron chi connectivity index (χ3n) is 3.81. The van der Waals surface area contributed by atoms with Gasteiger partial charge in [0, 0.05) is 36.1 Å². The molecule has 0 spiro atoms. The van der Waals surface area contributed by atoms with Crippen LogP contribution in [0.15, 0.2) is 30.7 Å². The van der Waals surface area contributed by atoms with E-state index in [9.17, 15) is 0 Å². The molecule has 84 valence electrons. The van der Waals surface area contributed by atoms with Crippen molar-refractivity contribution in [1.29, 1.82) is 0 Å². The van der Waals surface area contributed by atoms with Gasteiger partial charge in [-0.3, -0.25) is 4.98 Å². The molecule has 1 saturated carbocycles. The molecular weight excluding hydrogens is 198 g/mol. The highest BCUT2D eigenvalue weighted by Gasteiger charge is 2.44. The molecule has 0 saturated heterocycles. The normalized spacial score (nSPS) is 18.2. The van der Waals surface area contributed by atoms with Gasteiger partial charge < -0.3 is 9.47 Å². The quantitative estimate of drug-likeness (QED) is 0.782. The maximum Gasteiger partial charge on any atom is 0.0511 e. The Hall–Kier alpha value is -1.35. The van der Waals surface area contributed by atoms with Gasteiger partial charge in [-0.1, -0.05) is 0 Å². The number of likely N-dealkylation sites (N-methyl/N-ethyl adjacent to an activating group) is 1. The molecule has 0 amide bonds. The minimum absolute atomic E-state index is 0.398. The van der Waals surface area contributed by atoms with Crippen molar-refractivity contribution < 1.29 is 0 Å². The van der Waals surface area contributed by atoms with E-state index < -0.39 is 0 Å². The zero-order valence-electron chi connectivity index (χ0n) is 9.85. The molecule has 16 heavy (non-hydrogen) atoms. The molecule has 3 heteroatoms. The van der Waals surface area contributed by atoms with Crippen LogP contribution in [0, 0.1) is 0 Å². The van der Waals surface area contributed by atoms with Gasteiger partial charge in [0.1, 0.15) is 0 Å². The standard InChI is InChI=1S/C13H17N3/c1-15(2)13(5-6-13)10-16-8-4-11-9-14-7-3-12(11)16/h3-4,7-9H,5-6,10H2,1-2H3. The van der Waals surface area contributed by atoms with Crippen molar-refractivity contribution in [2.75, 3.05) is 14.1 Å². The third-order valence-corrected chi connectivity index (χ3v) is 3.81. The van der Waals surface area contributed by atoms with E-state index in [4.69, 9.17) is 0 Å². The molecule has 0 N–H and O–H groups in total. The number of aromatic nitrogens is 2. The van der Waals surface area contributed by atoms with Crippen LogP contribution < -0.4 is 0 Å². The summed E-state index contributed by atoms with van der Waals surface area (Å²) in [6, 6.07) is 4.25. The first-order valence-corrected chi connectivity index (χ1v) is 5.78. The molecule has 1 fully saturated rings. The minimum Gasteiger partial charge on any atom is -0.346 e. The Morgan fingerprint density at radius 1 is 1.38 bits per heavy atom. The van der Waals surface area contributed by atoms with Crippen LogP contribution in [0.3, 0.4) is 0 Å². The Kier molecular flexibility index (Phi) is 2.04. The number of hydrogen-bond acceptors (Lipinski definition) is 2. The van der Waals surface area contributed by atoms with Gasteiger partial charge in [0.15, 0.2) is 0 Å². The molecule has 0 atom stereocenters. The molecule has 0 radical (unpaired) electrons. The second kappa shape index (κ2) is 3.32. The second-order valence-electron chi connectivity index (χ2n) is 5.00. The summed E-state index contributed by atoms with van der Waals surface area (Å²) in [6.45, 7) is 1.09. The molecule has 3 nitrogen and oxygen atoms in total. The van der Waals surface area contributed by atoms with Crippen molar-refractivity contribution in [2.24, 2.45) is 0 Å². The minimum atomic E-state index is 0.398. The fourth-order valence-electron chi connectivity index (χ4n) is 2.39. The van der Waals surface area contributed by atoms with E-state index in [-0.39, 0.29) is 0 Å². The lowest BCUT2D eigenvalue weighted by Crippen LogP contribution is -2.34. The monoisotopic (exact) mass is 215 g/mol. The Bertz CT molecular complexity index is 509. The van der Waals surface area contributed by atoms with Gasteiger partial charge in [-0.05, 0) is 39.1 Å². The second-order valence-corrected chi connectivity index (χ2v) is 5.00. The molecule has 2 aromatic heterocycles. The number of nitrogens with zero attached hydrogens (tertiary/aromatic N) is 3. The van der Waals surface area contributed by atoms with Gasteiger partial charge in [-0.2, -0.15) is 0 Å². The summed E-state index contributed by atoms with van der Waals surface area (Å²) in [5.74, 6) is 0. The predicted octanol–water partition coefficient (Wildman–Crippen LogP) is 2.13. The molecular formula is C13H17N3. The number of rotatable bonds is 3. The van der Waals surface area contributed by atoms with Crippen LogP contribution in [0.1, 0.15) is 12.8 Å². The SMILES string of the molecule is CN(C)C1(Cn2ccc3cnccc32)CC1. The largest absolute Gasteiger partial charge is 0.346 e. The summed E-state index contributed by atoms with van der Waals surface area (Å²) in [5.41, 5.74) is 1.69. The fourth-order valence-corrected chi connectivity index (χ4v) is 2.39. The van der Waals surface area contributed by atoms with Crippen LogP contribution in [-0.2, 0) is 6.54 Å². The highest BCUT2D eigenvalue weighted by Crippen LogP contribution is 2.42. The Morgan fingerprint density at radius 2 is 2.19 bits per heavy atom. The van der Waals surface area contributed by atoms with E-state index in [0.29, 0.717) is 5.54 Å². The summed E-state index contributed by atoms with van der Waals surface area (Å²) in [4.78, 5) is 6.51. The van der Waals surface area contributed by atoms with E-state index in [2.05, 4.69) is 46.9 Å². The number of pyridine rings is 1. The summed E-state index contributed by atoms with van der Waals surface area (Å²) in [7, 11) is 4.36. The van der Waals surface area contributed by atoms with E-state index in [0.717, 1.165) is 6.54 Å². The molecule has 1 aliphatic carbocycles. The lowest BCUT2D eigenvalue weighted by molar-refractivity contribution is 0.244. The van der Waals surface area contributed by atoms with E-state index in [1.807, 2.05) is 12.4 Å². The van der Waals surface area contributed by atoms with Crippen LogP contribution in [0.5, 0.6) is 0 Å². The summed E-state index contributed by atoms with van der Waals surface area (Å²) >= 11 is 0. The van der Waals surface area contributed by atoms with Crippen molar-refractivity contribution in [1.82, 2.24) is 14.5 Å². The molecule has 0 unspecified atom stereocenters. The van der Waals surface area contributed by atoms with E-state index >= 15 is 0 Å². The molecule has 3 rings (SSSR count). The van der Waals surface area contributed by atoms with Crippen molar-refractivity contribution in [3.05, 3.63) is 30.7 Å². The van der Waals surface area contributed by atoms with Crippen molar-refractivity contribution in [3.63, 3.8) is 0 Å². The van der Waals surface area contributed by atoms with E-state index in [1.165, 1.54) is 23.7 Å². The van der Waals surface area contributed by atoms with Crippen LogP contribution in [0.2, 0.25) is 0 Å². The Morgan fingerprint density at radius 3 is 2.88 bits per heavy atom. The first kappa shape index (κ1) is 9.85. The van der Waals surface area contributed by atoms with Crippen LogP contribution >= 0.6 is 0 Å². The van der Waals surface area contributed by atoms with Crippen LogP contribution in [0.25, 0.3) is 10.9 Å². The smallest absolute Gasteiger partial charge is 0.0511 e. The van der Waals surface area contributed by atoms with Gasteiger partial charge in [0.05, 0.1) is 5.52 Å². The maximum atomic E-state index is 4.15. The summed E-state index contributed by atoms with van der Waals surface area (Å²) in [6.07, 6.45) is 8.60. The van der Waals surface area contributed by atoms with Crippen molar-refractivity contribution in [3.8, 4) is 0 Å². The molecule has 1 aliphatic rings.